The number of nitrogens with zero attached hydrogens (tertiary/aromatic N) is 2. The van der Waals surface area contributed by atoms with Crippen LogP contribution in [0.15, 0.2) is 84.4 Å². The number of aliphatic hydroxyl groups is 1. The number of likely N-dealkylation sites (tertiary alicyclic amines) is 1. The second-order valence-electron chi connectivity index (χ2n) is 9.45. The predicted molar refractivity (Wildman–Crippen MR) is 152 cm³/mol. The first-order valence-electron chi connectivity index (χ1n) is 13.4. The van der Waals surface area contributed by atoms with Gasteiger partial charge in [0.05, 0.1) is 18.7 Å². The minimum Gasteiger partial charge on any atom is -0.507 e. The monoisotopic (exact) mass is 528 g/mol. The Balaban J connectivity index is 1.63. The lowest BCUT2D eigenvalue weighted by Crippen LogP contribution is -2.33. The van der Waals surface area contributed by atoms with E-state index in [4.69, 9.17) is 9.47 Å². The van der Waals surface area contributed by atoms with Crippen LogP contribution < -0.4 is 9.47 Å². The third-order valence-corrected chi connectivity index (χ3v) is 7.09. The van der Waals surface area contributed by atoms with Crippen molar-refractivity contribution in [2.75, 3.05) is 33.3 Å². The highest BCUT2D eigenvalue weighted by Gasteiger charge is 2.45. The van der Waals surface area contributed by atoms with Crippen molar-refractivity contribution in [2.45, 2.75) is 32.9 Å². The number of aliphatic hydroxyl groups excluding tert-OH is 1. The fourth-order valence-corrected chi connectivity index (χ4v) is 4.88. The fourth-order valence-electron chi connectivity index (χ4n) is 4.88. The largest absolute Gasteiger partial charge is 0.507 e. The quantitative estimate of drug-likeness (QED) is 0.192. The van der Waals surface area contributed by atoms with Crippen LogP contribution in [0.2, 0.25) is 0 Å². The van der Waals surface area contributed by atoms with E-state index in [-0.39, 0.29) is 11.3 Å². The van der Waals surface area contributed by atoms with Crippen LogP contribution in [-0.2, 0) is 16.2 Å². The summed E-state index contributed by atoms with van der Waals surface area (Å²) in [4.78, 5) is 30.4. The van der Waals surface area contributed by atoms with Crippen LogP contribution >= 0.6 is 0 Å². The highest BCUT2D eigenvalue weighted by Crippen LogP contribution is 2.40. The molecular weight excluding hydrogens is 492 g/mol. The zero-order valence-corrected chi connectivity index (χ0v) is 22.8. The van der Waals surface area contributed by atoms with Crippen LogP contribution in [0.4, 0.5) is 0 Å². The van der Waals surface area contributed by atoms with E-state index in [1.807, 2.05) is 54.6 Å². The maximum absolute atomic E-state index is 13.3. The van der Waals surface area contributed by atoms with Gasteiger partial charge in [0.1, 0.15) is 23.9 Å². The average molecular weight is 529 g/mol. The molecule has 1 aliphatic heterocycles. The van der Waals surface area contributed by atoms with Gasteiger partial charge in [0.25, 0.3) is 11.7 Å². The summed E-state index contributed by atoms with van der Waals surface area (Å²) in [7, 11) is 1.57. The minimum absolute atomic E-state index is 0.0778. The van der Waals surface area contributed by atoms with Crippen molar-refractivity contribution in [2.24, 2.45) is 0 Å². The topological polar surface area (TPSA) is 79.3 Å². The second-order valence-corrected chi connectivity index (χ2v) is 9.45. The van der Waals surface area contributed by atoms with E-state index in [0.29, 0.717) is 42.2 Å². The lowest BCUT2D eigenvalue weighted by Gasteiger charge is -2.27. The van der Waals surface area contributed by atoms with Gasteiger partial charge in [-0.05, 0) is 73.6 Å². The number of amides is 1. The fraction of sp³-hybridized carbons (Fsp3) is 0.312. The summed E-state index contributed by atoms with van der Waals surface area (Å²) in [6, 6.07) is 23.3. The van der Waals surface area contributed by atoms with Crippen molar-refractivity contribution in [3.63, 3.8) is 0 Å². The Morgan fingerprint density at radius 3 is 2.31 bits per heavy atom. The van der Waals surface area contributed by atoms with Crippen molar-refractivity contribution < 1.29 is 24.2 Å². The van der Waals surface area contributed by atoms with Gasteiger partial charge in [-0.25, -0.2) is 0 Å². The second kappa shape index (κ2) is 13.1. The van der Waals surface area contributed by atoms with Crippen LogP contribution in [0.25, 0.3) is 5.76 Å². The van der Waals surface area contributed by atoms with Crippen molar-refractivity contribution in [1.29, 1.82) is 0 Å². The lowest BCUT2D eigenvalue weighted by atomic mass is 9.95. The molecule has 1 amide bonds. The normalized spacial score (nSPS) is 16.6. The van der Waals surface area contributed by atoms with Gasteiger partial charge in [-0.3, -0.25) is 9.59 Å². The molecule has 0 aliphatic carbocycles. The molecule has 1 heterocycles. The first-order valence-corrected chi connectivity index (χ1v) is 13.4. The van der Waals surface area contributed by atoms with Gasteiger partial charge in [-0.15, -0.1) is 0 Å². The SMILES string of the molecule is CCN(CC)CCCN1C(=O)C(=O)C(=C(O)c2ccc(OCc3ccccc3)cc2)[C@@H]1c1cccc(OC)c1. The van der Waals surface area contributed by atoms with E-state index in [2.05, 4.69) is 18.7 Å². The molecule has 0 bridgehead atoms. The molecule has 7 heteroatoms. The zero-order valence-electron chi connectivity index (χ0n) is 22.8. The van der Waals surface area contributed by atoms with Gasteiger partial charge < -0.3 is 24.4 Å². The van der Waals surface area contributed by atoms with Gasteiger partial charge in [-0.1, -0.05) is 56.3 Å². The molecular formula is C32H36N2O5. The number of carbonyl (C=O) groups excluding carboxylic acids is 2. The molecule has 0 radical (unpaired) electrons. The number of Topliss-reactive ketones (excluding diaryl/α,β-unsaturated/α-hetero) is 1. The summed E-state index contributed by atoms with van der Waals surface area (Å²) in [6.45, 7) is 7.66. The van der Waals surface area contributed by atoms with Gasteiger partial charge in [0, 0.05) is 12.1 Å². The predicted octanol–water partition coefficient (Wildman–Crippen LogP) is 5.43. The Hall–Kier alpha value is -4.10. The number of carbonyl (C=O) groups is 2. The number of ether oxygens (including phenoxy) is 2. The maximum Gasteiger partial charge on any atom is 0.295 e. The first-order chi connectivity index (χ1) is 19.0. The molecule has 0 aromatic heterocycles. The third-order valence-electron chi connectivity index (χ3n) is 7.09. The summed E-state index contributed by atoms with van der Waals surface area (Å²) in [5.74, 6) is -0.251. The number of benzene rings is 3. The maximum atomic E-state index is 13.3. The molecule has 1 saturated heterocycles. The molecule has 1 atom stereocenters. The number of methoxy groups -OCH3 is 1. The molecule has 3 aromatic rings. The molecule has 1 aliphatic rings. The molecule has 1 N–H and O–H groups in total. The minimum atomic E-state index is -0.717. The Bertz CT molecular complexity index is 1300. The molecule has 0 saturated carbocycles. The highest BCUT2D eigenvalue weighted by molar-refractivity contribution is 6.46. The van der Waals surface area contributed by atoms with Gasteiger partial charge in [-0.2, -0.15) is 0 Å². The van der Waals surface area contributed by atoms with Gasteiger partial charge in [0.15, 0.2) is 0 Å². The molecule has 0 spiro atoms. The molecule has 0 unspecified atom stereocenters. The number of hydrogen-bond acceptors (Lipinski definition) is 6. The van der Waals surface area contributed by atoms with E-state index >= 15 is 0 Å². The van der Waals surface area contributed by atoms with Crippen LogP contribution in [0.1, 0.15) is 43.0 Å². The van der Waals surface area contributed by atoms with Crippen molar-refractivity contribution in [3.8, 4) is 11.5 Å². The van der Waals surface area contributed by atoms with Gasteiger partial charge >= 0.3 is 0 Å². The molecule has 39 heavy (non-hydrogen) atoms. The van der Waals surface area contributed by atoms with Crippen LogP contribution in [-0.4, -0.2) is 59.9 Å². The average Bonchev–Trinajstić information content (AvgIpc) is 3.23. The summed E-state index contributed by atoms with van der Waals surface area (Å²) in [5.41, 5.74) is 2.27. The van der Waals surface area contributed by atoms with Crippen LogP contribution in [0, 0.1) is 0 Å². The van der Waals surface area contributed by atoms with Crippen molar-refractivity contribution >= 4 is 17.4 Å². The Kier molecular flexibility index (Phi) is 9.39. The van der Waals surface area contributed by atoms with E-state index in [1.165, 1.54) is 0 Å². The van der Waals surface area contributed by atoms with E-state index in [9.17, 15) is 14.7 Å². The van der Waals surface area contributed by atoms with Gasteiger partial charge in [0.2, 0.25) is 0 Å². The number of hydrogen-bond donors (Lipinski definition) is 1. The standard InChI is InChI=1S/C32H36N2O5/c1-4-33(5-2)19-10-20-34-29(25-13-9-14-27(21-25)38-3)28(31(36)32(34)37)30(35)24-15-17-26(18-16-24)39-22-23-11-7-6-8-12-23/h6-9,11-18,21,29,35H,4-5,10,19-20,22H2,1-3H3/t29-/m0/s1. The van der Waals surface area contributed by atoms with E-state index in [1.54, 1.807) is 36.3 Å². The zero-order chi connectivity index (χ0) is 27.8. The van der Waals surface area contributed by atoms with Crippen LogP contribution in [0.3, 0.4) is 0 Å². The summed E-state index contributed by atoms with van der Waals surface area (Å²) < 4.78 is 11.3. The summed E-state index contributed by atoms with van der Waals surface area (Å²) in [5, 5.41) is 11.4. The molecule has 4 rings (SSSR count). The summed E-state index contributed by atoms with van der Waals surface area (Å²) in [6.07, 6.45) is 0.711. The summed E-state index contributed by atoms with van der Waals surface area (Å²) >= 11 is 0. The van der Waals surface area contributed by atoms with Crippen LogP contribution in [0.5, 0.6) is 11.5 Å². The van der Waals surface area contributed by atoms with E-state index in [0.717, 1.165) is 25.2 Å². The third kappa shape index (κ3) is 6.49. The molecule has 204 valence electrons. The van der Waals surface area contributed by atoms with Crippen molar-refractivity contribution in [1.82, 2.24) is 9.80 Å². The molecule has 3 aromatic carbocycles. The smallest absolute Gasteiger partial charge is 0.295 e. The van der Waals surface area contributed by atoms with Crippen molar-refractivity contribution in [3.05, 3.63) is 101 Å². The molecule has 7 nitrogen and oxygen atoms in total. The number of rotatable bonds is 12. The highest BCUT2D eigenvalue weighted by atomic mass is 16.5. The van der Waals surface area contributed by atoms with E-state index < -0.39 is 17.7 Å². The molecule has 1 fully saturated rings. The lowest BCUT2D eigenvalue weighted by molar-refractivity contribution is -0.140. The Morgan fingerprint density at radius 2 is 1.64 bits per heavy atom. The number of ketones is 1. The Morgan fingerprint density at radius 1 is 0.923 bits per heavy atom. The first kappa shape index (κ1) is 27.9. The Labute approximate surface area is 230 Å².